The number of nitrogens with zero attached hydrogens (tertiary/aromatic N) is 1. The van der Waals surface area contributed by atoms with Crippen molar-refractivity contribution in [1.82, 2.24) is 10.2 Å². The average molecular weight is 198 g/mol. The molecular weight excluding hydrogens is 172 g/mol. The second-order valence-electron chi connectivity index (χ2n) is 4.81. The molecule has 1 N–H and O–H groups in total. The zero-order valence-electron chi connectivity index (χ0n) is 10.2. The van der Waals surface area contributed by atoms with Crippen LogP contribution in [0.4, 0.5) is 0 Å². The van der Waals surface area contributed by atoms with Crippen molar-refractivity contribution in [2.75, 3.05) is 19.6 Å². The van der Waals surface area contributed by atoms with E-state index in [4.69, 9.17) is 0 Å². The van der Waals surface area contributed by atoms with Crippen molar-refractivity contribution in [2.24, 2.45) is 5.92 Å². The molecule has 1 fully saturated rings. The number of hydrogen-bond acceptors (Lipinski definition) is 2. The highest BCUT2D eigenvalue weighted by Gasteiger charge is 2.24. The summed E-state index contributed by atoms with van der Waals surface area (Å²) in [6.07, 6.45) is 2.73. The molecule has 1 heterocycles. The molecule has 0 aromatic carbocycles. The fourth-order valence-electron chi connectivity index (χ4n) is 2.42. The van der Waals surface area contributed by atoms with E-state index in [1.807, 2.05) is 0 Å². The molecule has 0 bridgehead atoms. The van der Waals surface area contributed by atoms with Crippen LogP contribution in [0.25, 0.3) is 0 Å². The van der Waals surface area contributed by atoms with E-state index in [-0.39, 0.29) is 0 Å². The maximum Gasteiger partial charge on any atom is 0.00678 e. The Kier molecular flexibility index (Phi) is 4.90. The summed E-state index contributed by atoms with van der Waals surface area (Å²) >= 11 is 0. The van der Waals surface area contributed by atoms with Gasteiger partial charge in [-0.1, -0.05) is 6.92 Å². The first kappa shape index (κ1) is 12.0. The van der Waals surface area contributed by atoms with Gasteiger partial charge in [0.1, 0.15) is 0 Å². The summed E-state index contributed by atoms with van der Waals surface area (Å²) in [6, 6.07) is 1.43. The summed E-state index contributed by atoms with van der Waals surface area (Å²) in [5.74, 6) is 0.893. The number of rotatable bonds is 4. The first-order chi connectivity index (χ1) is 6.65. The molecule has 0 radical (unpaired) electrons. The third-order valence-electron chi connectivity index (χ3n) is 3.54. The van der Waals surface area contributed by atoms with Gasteiger partial charge in [-0.3, -0.25) is 0 Å². The fraction of sp³-hybridized carbons (Fsp3) is 1.00. The molecule has 1 aliphatic rings. The Morgan fingerprint density at radius 3 is 2.21 bits per heavy atom. The topological polar surface area (TPSA) is 15.3 Å². The number of nitrogens with one attached hydrogen (secondary N) is 1. The molecule has 0 aromatic rings. The minimum absolute atomic E-state index is 0.703. The third-order valence-corrected chi connectivity index (χ3v) is 3.54. The zero-order valence-corrected chi connectivity index (χ0v) is 10.2. The molecule has 14 heavy (non-hydrogen) atoms. The molecule has 2 nitrogen and oxygen atoms in total. The third kappa shape index (κ3) is 3.25. The van der Waals surface area contributed by atoms with E-state index in [9.17, 15) is 0 Å². The predicted molar refractivity (Wildman–Crippen MR) is 62.6 cm³/mol. The van der Waals surface area contributed by atoms with Gasteiger partial charge in [0.25, 0.3) is 0 Å². The van der Waals surface area contributed by atoms with Crippen LogP contribution in [0.2, 0.25) is 0 Å². The molecule has 1 atom stereocenters. The summed E-state index contributed by atoms with van der Waals surface area (Å²) in [6.45, 7) is 12.8. The van der Waals surface area contributed by atoms with Crippen molar-refractivity contribution < 1.29 is 0 Å². The van der Waals surface area contributed by atoms with Crippen LogP contribution in [0.1, 0.15) is 40.5 Å². The highest BCUT2D eigenvalue weighted by molar-refractivity contribution is 4.80. The highest BCUT2D eigenvalue weighted by Crippen LogP contribution is 2.21. The minimum atomic E-state index is 0.703. The quantitative estimate of drug-likeness (QED) is 0.744. The van der Waals surface area contributed by atoms with Crippen LogP contribution in [-0.2, 0) is 0 Å². The van der Waals surface area contributed by atoms with Crippen LogP contribution < -0.4 is 5.32 Å². The highest BCUT2D eigenvalue weighted by atomic mass is 15.1. The fourth-order valence-corrected chi connectivity index (χ4v) is 2.42. The number of likely N-dealkylation sites (tertiary alicyclic amines) is 1. The van der Waals surface area contributed by atoms with Gasteiger partial charge < -0.3 is 10.2 Å². The Balaban J connectivity index is 2.28. The van der Waals surface area contributed by atoms with Gasteiger partial charge in [0.2, 0.25) is 0 Å². The SMILES string of the molecule is CCNC(C)C1CCN(C(C)C)CC1. The molecular formula is C12H26N2. The summed E-state index contributed by atoms with van der Waals surface area (Å²) in [4.78, 5) is 2.59. The zero-order chi connectivity index (χ0) is 10.6. The standard InChI is InChI=1S/C12H26N2/c1-5-13-11(4)12-6-8-14(9-7-12)10(2)3/h10-13H,5-9H2,1-4H3. The minimum Gasteiger partial charge on any atom is -0.314 e. The van der Waals surface area contributed by atoms with Crippen molar-refractivity contribution in [1.29, 1.82) is 0 Å². The maximum absolute atomic E-state index is 3.54. The van der Waals surface area contributed by atoms with Crippen LogP contribution in [0.5, 0.6) is 0 Å². The van der Waals surface area contributed by atoms with E-state index in [2.05, 4.69) is 37.9 Å². The van der Waals surface area contributed by atoms with Gasteiger partial charge in [-0.15, -0.1) is 0 Å². The first-order valence-electron chi connectivity index (χ1n) is 6.12. The van der Waals surface area contributed by atoms with Crippen LogP contribution in [0.15, 0.2) is 0 Å². The van der Waals surface area contributed by atoms with Gasteiger partial charge >= 0.3 is 0 Å². The monoisotopic (exact) mass is 198 g/mol. The summed E-state index contributed by atoms with van der Waals surface area (Å²) in [5, 5.41) is 3.54. The predicted octanol–water partition coefficient (Wildman–Crippen LogP) is 2.10. The van der Waals surface area contributed by atoms with Crippen LogP contribution >= 0.6 is 0 Å². The van der Waals surface area contributed by atoms with Crippen molar-refractivity contribution in [3.05, 3.63) is 0 Å². The van der Waals surface area contributed by atoms with Gasteiger partial charge in [-0.25, -0.2) is 0 Å². The maximum atomic E-state index is 3.54. The lowest BCUT2D eigenvalue weighted by Crippen LogP contribution is -2.44. The second-order valence-corrected chi connectivity index (χ2v) is 4.81. The Morgan fingerprint density at radius 1 is 1.21 bits per heavy atom. The molecule has 0 spiro atoms. The molecule has 0 aliphatic carbocycles. The van der Waals surface area contributed by atoms with E-state index in [0.29, 0.717) is 6.04 Å². The van der Waals surface area contributed by atoms with Crippen molar-refractivity contribution in [3.8, 4) is 0 Å². The van der Waals surface area contributed by atoms with E-state index < -0.39 is 0 Å². The lowest BCUT2D eigenvalue weighted by Gasteiger charge is -2.37. The van der Waals surface area contributed by atoms with Gasteiger partial charge in [-0.2, -0.15) is 0 Å². The Bertz CT molecular complexity index is 148. The molecule has 0 amide bonds. The Morgan fingerprint density at radius 2 is 1.79 bits per heavy atom. The molecule has 84 valence electrons. The lowest BCUT2D eigenvalue weighted by atomic mass is 9.90. The first-order valence-corrected chi connectivity index (χ1v) is 6.12. The van der Waals surface area contributed by atoms with Crippen LogP contribution in [-0.4, -0.2) is 36.6 Å². The van der Waals surface area contributed by atoms with Gasteiger partial charge in [0.05, 0.1) is 0 Å². The molecule has 1 rings (SSSR count). The number of hydrogen-bond donors (Lipinski definition) is 1. The van der Waals surface area contributed by atoms with E-state index in [0.717, 1.165) is 18.5 Å². The molecule has 1 saturated heterocycles. The van der Waals surface area contributed by atoms with Crippen LogP contribution in [0.3, 0.4) is 0 Å². The van der Waals surface area contributed by atoms with E-state index in [1.54, 1.807) is 0 Å². The molecule has 1 unspecified atom stereocenters. The van der Waals surface area contributed by atoms with E-state index in [1.165, 1.54) is 25.9 Å². The van der Waals surface area contributed by atoms with E-state index >= 15 is 0 Å². The van der Waals surface area contributed by atoms with Crippen molar-refractivity contribution in [2.45, 2.75) is 52.6 Å². The smallest absolute Gasteiger partial charge is 0.00678 e. The largest absolute Gasteiger partial charge is 0.314 e. The van der Waals surface area contributed by atoms with Crippen molar-refractivity contribution in [3.63, 3.8) is 0 Å². The molecule has 2 heteroatoms. The summed E-state index contributed by atoms with van der Waals surface area (Å²) in [7, 11) is 0. The van der Waals surface area contributed by atoms with Crippen LogP contribution in [0, 0.1) is 5.92 Å². The normalized spacial score (nSPS) is 22.9. The molecule has 1 aliphatic heterocycles. The average Bonchev–Trinajstić information content (AvgIpc) is 2.18. The summed E-state index contributed by atoms with van der Waals surface area (Å²) < 4.78 is 0. The number of piperidine rings is 1. The molecule has 0 aromatic heterocycles. The second kappa shape index (κ2) is 5.72. The van der Waals surface area contributed by atoms with Gasteiger partial charge in [-0.05, 0) is 59.2 Å². The van der Waals surface area contributed by atoms with Crippen molar-refractivity contribution >= 4 is 0 Å². The molecule has 0 saturated carbocycles. The lowest BCUT2D eigenvalue weighted by molar-refractivity contribution is 0.134. The Hall–Kier alpha value is -0.0800. The summed E-state index contributed by atoms with van der Waals surface area (Å²) in [5.41, 5.74) is 0. The van der Waals surface area contributed by atoms with Gasteiger partial charge in [0.15, 0.2) is 0 Å². The Labute approximate surface area is 89.1 Å². The van der Waals surface area contributed by atoms with Gasteiger partial charge in [0, 0.05) is 12.1 Å².